The normalized spacial score (nSPS) is 14.3. The molecule has 35 heavy (non-hydrogen) atoms. The number of benzene rings is 3. The molecular formula is C28H25F2NO4. The van der Waals surface area contributed by atoms with Crippen molar-refractivity contribution in [1.82, 2.24) is 4.98 Å². The van der Waals surface area contributed by atoms with Gasteiger partial charge < -0.3 is 14.6 Å². The van der Waals surface area contributed by atoms with Crippen LogP contribution >= 0.6 is 0 Å². The SMILES string of the molecule is CC(C)(C)O[C@H](C(=O)O)c1c(C(F)F)cc2ccccc2c1-c1ccc2c3c(ccnc13)CCO2. The van der Waals surface area contributed by atoms with Crippen molar-refractivity contribution >= 4 is 27.6 Å². The van der Waals surface area contributed by atoms with Gasteiger partial charge >= 0.3 is 5.97 Å². The number of halogens is 2. The van der Waals surface area contributed by atoms with Gasteiger partial charge in [-0.15, -0.1) is 0 Å². The second-order valence-corrected chi connectivity index (χ2v) is 9.63. The third kappa shape index (κ3) is 4.10. The number of carboxylic acids is 1. The molecule has 0 fully saturated rings. The molecule has 0 aliphatic carbocycles. The van der Waals surface area contributed by atoms with Crippen molar-refractivity contribution in [3.63, 3.8) is 0 Å². The molecular weight excluding hydrogens is 452 g/mol. The molecule has 7 heteroatoms. The highest BCUT2D eigenvalue weighted by Gasteiger charge is 2.35. The van der Waals surface area contributed by atoms with Crippen molar-refractivity contribution < 1.29 is 28.2 Å². The predicted octanol–water partition coefficient (Wildman–Crippen LogP) is 6.87. The van der Waals surface area contributed by atoms with E-state index in [1.807, 2.05) is 12.1 Å². The summed E-state index contributed by atoms with van der Waals surface area (Å²) in [6.07, 6.45) is -2.13. The van der Waals surface area contributed by atoms with Crippen LogP contribution in [0.25, 0.3) is 32.8 Å². The molecule has 1 aliphatic heterocycles. The number of hydrogen-bond acceptors (Lipinski definition) is 4. The van der Waals surface area contributed by atoms with Gasteiger partial charge in [-0.2, -0.15) is 0 Å². The first kappa shape index (κ1) is 23.2. The Morgan fingerprint density at radius 2 is 1.91 bits per heavy atom. The predicted molar refractivity (Wildman–Crippen MR) is 130 cm³/mol. The van der Waals surface area contributed by atoms with Gasteiger partial charge in [0.25, 0.3) is 6.43 Å². The summed E-state index contributed by atoms with van der Waals surface area (Å²) in [5.74, 6) is -0.660. The van der Waals surface area contributed by atoms with Crippen LogP contribution in [-0.2, 0) is 16.0 Å². The molecule has 1 N–H and O–H groups in total. The molecule has 0 amide bonds. The largest absolute Gasteiger partial charge is 0.493 e. The van der Waals surface area contributed by atoms with E-state index in [1.54, 1.807) is 57.3 Å². The Hall–Kier alpha value is -3.58. The fraction of sp³-hybridized carbons (Fsp3) is 0.286. The van der Waals surface area contributed by atoms with Gasteiger partial charge in [-0.1, -0.05) is 24.3 Å². The molecule has 0 saturated heterocycles. The van der Waals surface area contributed by atoms with Gasteiger partial charge in [0.1, 0.15) is 5.75 Å². The van der Waals surface area contributed by atoms with E-state index in [0.717, 1.165) is 10.9 Å². The number of aromatic nitrogens is 1. The quantitative estimate of drug-likeness (QED) is 0.340. The summed E-state index contributed by atoms with van der Waals surface area (Å²) in [6, 6.07) is 14.0. The van der Waals surface area contributed by atoms with E-state index < -0.39 is 24.1 Å². The number of pyridine rings is 1. The van der Waals surface area contributed by atoms with Crippen LogP contribution in [-0.4, -0.2) is 28.3 Å². The minimum Gasteiger partial charge on any atom is -0.493 e. The molecule has 0 bridgehead atoms. The van der Waals surface area contributed by atoms with Gasteiger partial charge in [0.2, 0.25) is 0 Å². The summed E-state index contributed by atoms with van der Waals surface area (Å²) in [5.41, 5.74) is 1.27. The number of carboxylic acid groups (broad SMARTS) is 1. The fourth-order valence-corrected chi connectivity index (χ4v) is 4.83. The molecule has 1 atom stereocenters. The average molecular weight is 478 g/mol. The maximum Gasteiger partial charge on any atom is 0.337 e. The highest BCUT2D eigenvalue weighted by Crippen LogP contribution is 2.46. The average Bonchev–Trinajstić information content (AvgIpc) is 2.81. The summed E-state index contributed by atoms with van der Waals surface area (Å²) in [7, 11) is 0. The zero-order valence-corrected chi connectivity index (χ0v) is 19.6. The van der Waals surface area contributed by atoms with Crippen molar-refractivity contribution in [2.45, 2.75) is 45.3 Å². The van der Waals surface area contributed by atoms with Crippen molar-refractivity contribution in [2.75, 3.05) is 6.61 Å². The Labute approximate surface area is 201 Å². The molecule has 5 nitrogen and oxygen atoms in total. The molecule has 180 valence electrons. The minimum absolute atomic E-state index is 0.0552. The lowest BCUT2D eigenvalue weighted by Crippen LogP contribution is -2.28. The van der Waals surface area contributed by atoms with Crippen molar-refractivity contribution in [3.8, 4) is 16.9 Å². The van der Waals surface area contributed by atoms with E-state index in [9.17, 15) is 18.7 Å². The van der Waals surface area contributed by atoms with Crippen LogP contribution in [0.15, 0.2) is 54.7 Å². The van der Waals surface area contributed by atoms with Crippen LogP contribution in [0, 0.1) is 0 Å². The van der Waals surface area contributed by atoms with E-state index in [-0.39, 0.29) is 11.1 Å². The lowest BCUT2D eigenvalue weighted by molar-refractivity contribution is -0.160. The minimum atomic E-state index is -2.91. The molecule has 2 heterocycles. The highest BCUT2D eigenvalue weighted by molar-refractivity contribution is 6.08. The van der Waals surface area contributed by atoms with Crippen molar-refractivity contribution in [1.29, 1.82) is 0 Å². The Balaban J connectivity index is 1.95. The molecule has 0 unspecified atom stereocenters. The zero-order chi connectivity index (χ0) is 24.9. The van der Waals surface area contributed by atoms with Crippen molar-refractivity contribution in [2.24, 2.45) is 0 Å². The van der Waals surface area contributed by atoms with Gasteiger partial charge in [0.15, 0.2) is 6.10 Å². The van der Waals surface area contributed by atoms with E-state index in [0.29, 0.717) is 46.2 Å². The molecule has 1 aromatic heterocycles. The van der Waals surface area contributed by atoms with E-state index in [1.165, 1.54) is 6.07 Å². The van der Waals surface area contributed by atoms with Crippen LogP contribution in [0.5, 0.6) is 5.75 Å². The first-order valence-electron chi connectivity index (χ1n) is 11.4. The number of aliphatic carboxylic acids is 1. The third-order valence-electron chi connectivity index (χ3n) is 6.15. The summed E-state index contributed by atoms with van der Waals surface area (Å²) in [4.78, 5) is 17.1. The lowest BCUT2D eigenvalue weighted by Gasteiger charge is -2.29. The first-order chi connectivity index (χ1) is 16.7. The molecule has 0 saturated carbocycles. The number of fused-ring (bicyclic) bond motifs is 1. The highest BCUT2D eigenvalue weighted by atomic mass is 19.3. The van der Waals surface area contributed by atoms with Gasteiger partial charge in [0.05, 0.1) is 17.7 Å². The standard InChI is InChI=1S/C28H25F2NO4/c1-28(2,3)35-25(27(32)33)23-19(26(29)30)14-16-6-4-5-7-17(16)22(23)18-8-9-20-21-15(11-13-34-20)10-12-31-24(18)21/h4-10,12,14,25-26H,11,13H2,1-3H3,(H,32,33)/t25-/m0/s1. The molecule has 4 aromatic rings. The number of alkyl halides is 2. The number of rotatable bonds is 5. The summed E-state index contributed by atoms with van der Waals surface area (Å²) >= 11 is 0. The maximum atomic E-state index is 14.5. The maximum absolute atomic E-state index is 14.5. The van der Waals surface area contributed by atoms with Crippen LogP contribution < -0.4 is 4.74 Å². The Morgan fingerprint density at radius 3 is 2.63 bits per heavy atom. The molecule has 1 aliphatic rings. The number of carbonyl (C=O) groups is 1. The molecule has 0 spiro atoms. The second-order valence-electron chi connectivity index (χ2n) is 9.63. The fourth-order valence-electron chi connectivity index (χ4n) is 4.83. The monoisotopic (exact) mass is 477 g/mol. The molecule has 0 radical (unpaired) electrons. The number of hydrogen-bond donors (Lipinski definition) is 1. The molecule has 3 aromatic carbocycles. The third-order valence-corrected chi connectivity index (χ3v) is 6.15. The number of ether oxygens (including phenoxy) is 2. The second kappa shape index (κ2) is 8.57. The Kier molecular flexibility index (Phi) is 5.68. The van der Waals surface area contributed by atoms with E-state index in [2.05, 4.69) is 4.98 Å². The van der Waals surface area contributed by atoms with E-state index >= 15 is 0 Å². The van der Waals surface area contributed by atoms with Crippen LogP contribution in [0.1, 0.15) is 50.0 Å². The topological polar surface area (TPSA) is 68.7 Å². The first-order valence-corrected chi connectivity index (χ1v) is 11.4. The Morgan fingerprint density at radius 1 is 1.14 bits per heavy atom. The zero-order valence-electron chi connectivity index (χ0n) is 19.6. The van der Waals surface area contributed by atoms with Crippen molar-refractivity contribution in [3.05, 3.63) is 71.4 Å². The lowest BCUT2D eigenvalue weighted by atomic mass is 9.85. The van der Waals surface area contributed by atoms with Gasteiger partial charge in [-0.3, -0.25) is 4.98 Å². The van der Waals surface area contributed by atoms with Crippen LogP contribution in [0.2, 0.25) is 0 Å². The van der Waals surface area contributed by atoms with E-state index in [4.69, 9.17) is 9.47 Å². The summed E-state index contributed by atoms with van der Waals surface area (Å²) in [5, 5.41) is 12.2. The smallest absolute Gasteiger partial charge is 0.337 e. The molecule has 5 rings (SSSR count). The van der Waals surface area contributed by atoms with Gasteiger partial charge in [-0.25, -0.2) is 13.6 Å². The van der Waals surface area contributed by atoms with Crippen LogP contribution in [0.3, 0.4) is 0 Å². The summed E-state index contributed by atoms with van der Waals surface area (Å²) < 4.78 is 40.8. The number of nitrogens with zero attached hydrogens (tertiary/aromatic N) is 1. The van der Waals surface area contributed by atoms with Gasteiger partial charge in [0, 0.05) is 34.7 Å². The summed E-state index contributed by atoms with van der Waals surface area (Å²) in [6.45, 7) is 5.65. The van der Waals surface area contributed by atoms with Gasteiger partial charge in [-0.05, 0) is 66.9 Å². The Bertz CT molecular complexity index is 1450. The van der Waals surface area contributed by atoms with Crippen LogP contribution in [0.4, 0.5) is 8.78 Å².